The molecule has 0 aliphatic carbocycles. The second kappa shape index (κ2) is 42.5. The molecule has 0 aromatic rings. The molecular formula is C53H92O12S. The minimum Gasteiger partial charge on any atom is -0.462 e. The highest BCUT2D eigenvalue weighted by atomic mass is 32.2. The predicted octanol–water partition coefficient (Wildman–Crippen LogP) is 11.7. The van der Waals surface area contributed by atoms with Gasteiger partial charge in [0.15, 0.2) is 12.4 Å². The first-order chi connectivity index (χ1) is 32.0. The predicted molar refractivity (Wildman–Crippen MR) is 265 cm³/mol. The first-order valence-corrected chi connectivity index (χ1v) is 27.5. The van der Waals surface area contributed by atoms with E-state index in [-0.39, 0.29) is 19.4 Å². The summed E-state index contributed by atoms with van der Waals surface area (Å²) in [5.74, 6) is -2.08. The van der Waals surface area contributed by atoms with E-state index < -0.39 is 71.2 Å². The summed E-state index contributed by atoms with van der Waals surface area (Å²) in [6.45, 7) is 3.61. The summed E-state index contributed by atoms with van der Waals surface area (Å²) >= 11 is 0. The molecule has 12 nitrogen and oxygen atoms in total. The van der Waals surface area contributed by atoms with Gasteiger partial charge < -0.3 is 34.3 Å². The number of carbonyl (C=O) groups is 2. The summed E-state index contributed by atoms with van der Waals surface area (Å²) in [4.78, 5) is 25.5. The molecule has 0 radical (unpaired) electrons. The fourth-order valence-electron chi connectivity index (χ4n) is 7.61. The van der Waals surface area contributed by atoms with Gasteiger partial charge in [-0.25, -0.2) is 0 Å². The van der Waals surface area contributed by atoms with Crippen molar-refractivity contribution in [3.05, 3.63) is 60.8 Å². The van der Waals surface area contributed by atoms with Gasteiger partial charge in [-0.3, -0.25) is 14.1 Å². The van der Waals surface area contributed by atoms with E-state index in [4.69, 9.17) is 18.9 Å². The Morgan fingerprint density at radius 1 is 0.530 bits per heavy atom. The first kappa shape index (κ1) is 61.4. The lowest BCUT2D eigenvalue weighted by atomic mass is 10.00. The van der Waals surface area contributed by atoms with E-state index in [1.54, 1.807) is 0 Å². The topological polar surface area (TPSA) is 186 Å². The number of aliphatic hydroxyl groups excluding tert-OH is 3. The summed E-state index contributed by atoms with van der Waals surface area (Å²) in [6, 6.07) is 0. The molecule has 4 N–H and O–H groups in total. The van der Waals surface area contributed by atoms with Gasteiger partial charge in [-0.1, -0.05) is 184 Å². The molecule has 0 spiro atoms. The van der Waals surface area contributed by atoms with Crippen LogP contribution in [0, 0.1) is 0 Å². The van der Waals surface area contributed by atoms with Crippen LogP contribution in [0.4, 0.5) is 0 Å². The Morgan fingerprint density at radius 2 is 0.970 bits per heavy atom. The van der Waals surface area contributed by atoms with Crippen molar-refractivity contribution in [2.45, 2.75) is 243 Å². The minimum absolute atomic E-state index is 0.106. The first-order valence-electron chi connectivity index (χ1n) is 25.8. The van der Waals surface area contributed by atoms with Crippen molar-refractivity contribution in [1.82, 2.24) is 0 Å². The van der Waals surface area contributed by atoms with Crippen LogP contribution >= 0.6 is 0 Å². The van der Waals surface area contributed by atoms with Crippen molar-refractivity contribution >= 4 is 22.1 Å². The van der Waals surface area contributed by atoms with Crippen LogP contribution < -0.4 is 0 Å². The SMILES string of the molecule is CC/C=C/C/C=C/C/C=C/C/C=C/CCCCC(=O)OC[C@H](CO[C@H]1O[C@H](CS(=O)(=O)O)[C@@H](O)C(O)C1O)OC(=O)CCC/C=C/CCCCCCCCCCCCCCCCCCCC. The Labute approximate surface area is 400 Å². The molecule has 1 heterocycles. The van der Waals surface area contributed by atoms with Crippen LogP contribution in [0.3, 0.4) is 0 Å². The van der Waals surface area contributed by atoms with E-state index in [2.05, 4.69) is 74.6 Å². The van der Waals surface area contributed by atoms with Crippen LogP contribution in [-0.4, -0.2) is 96.0 Å². The van der Waals surface area contributed by atoms with Crippen molar-refractivity contribution in [2.24, 2.45) is 0 Å². The van der Waals surface area contributed by atoms with E-state index in [0.717, 1.165) is 51.4 Å². The molecule has 0 saturated carbocycles. The van der Waals surface area contributed by atoms with Crippen molar-refractivity contribution in [3.63, 3.8) is 0 Å². The van der Waals surface area contributed by atoms with Crippen molar-refractivity contribution < 1.29 is 56.8 Å². The van der Waals surface area contributed by atoms with Crippen LogP contribution in [0.2, 0.25) is 0 Å². The van der Waals surface area contributed by atoms with Gasteiger partial charge in [-0.05, 0) is 70.6 Å². The second-order valence-electron chi connectivity index (χ2n) is 17.8. The van der Waals surface area contributed by atoms with E-state index in [9.17, 15) is 37.9 Å². The largest absolute Gasteiger partial charge is 0.462 e. The molecule has 0 aromatic heterocycles. The van der Waals surface area contributed by atoms with Gasteiger partial charge in [0.25, 0.3) is 10.1 Å². The summed E-state index contributed by atoms with van der Waals surface area (Å²) in [6.07, 6.45) is 44.3. The van der Waals surface area contributed by atoms with Gasteiger partial charge in [0.1, 0.15) is 36.8 Å². The van der Waals surface area contributed by atoms with Gasteiger partial charge in [0.2, 0.25) is 0 Å². The summed E-state index contributed by atoms with van der Waals surface area (Å²) in [5.41, 5.74) is 0. The number of hydrogen-bond donors (Lipinski definition) is 4. The molecule has 382 valence electrons. The lowest BCUT2D eigenvalue weighted by Crippen LogP contribution is -2.60. The third-order valence-electron chi connectivity index (χ3n) is 11.6. The number of hydrogen-bond acceptors (Lipinski definition) is 11. The maximum absolute atomic E-state index is 12.9. The Hall–Kier alpha value is -2.65. The number of allylic oxidation sites excluding steroid dienone is 10. The molecule has 6 atom stereocenters. The second-order valence-corrected chi connectivity index (χ2v) is 19.3. The third-order valence-corrected chi connectivity index (χ3v) is 12.3. The molecular weight excluding hydrogens is 861 g/mol. The average Bonchev–Trinajstić information content (AvgIpc) is 3.28. The van der Waals surface area contributed by atoms with Gasteiger partial charge in [0.05, 0.1) is 6.61 Å². The van der Waals surface area contributed by atoms with Crippen LogP contribution in [0.25, 0.3) is 0 Å². The van der Waals surface area contributed by atoms with Gasteiger partial charge in [0, 0.05) is 12.8 Å². The van der Waals surface area contributed by atoms with E-state index in [0.29, 0.717) is 19.3 Å². The van der Waals surface area contributed by atoms with Crippen LogP contribution in [0.5, 0.6) is 0 Å². The standard InChI is InChI=1S/C53H92O12S/c1-3-5-7-9-11-13-15-17-19-20-21-22-23-24-25-26-28-30-32-34-36-38-40-42-49(55)64-46(44-63-53-52(58)51(57)50(56)47(65-53)45-66(59,60)61)43-62-48(54)41-39-37-35-33-31-29-27-18-16-14-12-10-8-6-4-2/h6,8,12,14,18,27,31,33-34,36,46-47,50-53,56-58H,3-5,7,9-11,13,15-17,19-26,28-30,32,35,37-45H2,1-2H3,(H,59,60,61)/b8-6+,14-12+,27-18+,33-31+,36-34+/t46-,47-,50-,51?,52?,53+/m1/s1. The minimum atomic E-state index is -4.61. The maximum Gasteiger partial charge on any atom is 0.306 e. The quantitative estimate of drug-likeness (QED) is 0.0196. The highest BCUT2D eigenvalue weighted by molar-refractivity contribution is 7.85. The van der Waals surface area contributed by atoms with Crippen molar-refractivity contribution in [2.75, 3.05) is 19.0 Å². The zero-order valence-corrected chi connectivity index (χ0v) is 41.9. The van der Waals surface area contributed by atoms with E-state index >= 15 is 0 Å². The molecule has 0 aromatic carbocycles. The van der Waals surface area contributed by atoms with Crippen molar-refractivity contribution in [1.29, 1.82) is 0 Å². The molecule has 1 rings (SSSR count). The Kier molecular flexibility index (Phi) is 39.5. The summed E-state index contributed by atoms with van der Waals surface area (Å²) in [5, 5.41) is 31.0. The molecule has 1 fully saturated rings. The summed E-state index contributed by atoms with van der Waals surface area (Å²) < 4.78 is 54.1. The Bertz CT molecular complexity index is 1440. The van der Waals surface area contributed by atoms with E-state index in [1.165, 1.54) is 109 Å². The van der Waals surface area contributed by atoms with Crippen LogP contribution in [-0.2, 0) is 38.7 Å². The maximum atomic E-state index is 12.9. The Morgan fingerprint density at radius 3 is 1.48 bits per heavy atom. The monoisotopic (exact) mass is 953 g/mol. The zero-order valence-electron chi connectivity index (χ0n) is 41.0. The number of aliphatic hydroxyl groups is 3. The normalized spacial score (nSPS) is 19.9. The molecule has 0 bridgehead atoms. The van der Waals surface area contributed by atoms with Crippen LogP contribution in [0.1, 0.15) is 206 Å². The highest BCUT2D eigenvalue weighted by Crippen LogP contribution is 2.24. The Balaban J connectivity index is 2.39. The lowest BCUT2D eigenvalue weighted by molar-refractivity contribution is -0.297. The molecule has 1 aliphatic heterocycles. The average molecular weight is 953 g/mol. The smallest absolute Gasteiger partial charge is 0.306 e. The number of ether oxygens (including phenoxy) is 4. The number of esters is 2. The highest BCUT2D eigenvalue weighted by Gasteiger charge is 2.46. The molecule has 1 saturated heterocycles. The number of unbranched alkanes of at least 4 members (excludes halogenated alkanes) is 21. The molecule has 1 aliphatic rings. The molecule has 66 heavy (non-hydrogen) atoms. The lowest BCUT2D eigenvalue weighted by Gasteiger charge is -2.40. The summed E-state index contributed by atoms with van der Waals surface area (Å²) in [7, 11) is -4.61. The van der Waals surface area contributed by atoms with Crippen molar-refractivity contribution in [3.8, 4) is 0 Å². The zero-order chi connectivity index (χ0) is 48.4. The van der Waals surface area contributed by atoms with E-state index in [1.807, 2.05) is 0 Å². The fourth-order valence-corrected chi connectivity index (χ4v) is 8.30. The van der Waals surface area contributed by atoms with Gasteiger partial charge in [-0.15, -0.1) is 0 Å². The number of rotatable bonds is 43. The molecule has 2 unspecified atom stereocenters. The number of carbonyl (C=O) groups excluding carboxylic acids is 2. The third kappa shape index (κ3) is 36.4. The van der Waals surface area contributed by atoms with Gasteiger partial charge in [-0.2, -0.15) is 8.42 Å². The van der Waals surface area contributed by atoms with Crippen LogP contribution in [0.15, 0.2) is 60.8 Å². The fraction of sp³-hybridized carbons (Fsp3) is 0.774. The molecule has 0 amide bonds. The van der Waals surface area contributed by atoms with Gasteiger partial charge >= 0.3 is 11.9 Å². The molecule has 13 heteroatoms.